The van der Waals surface area contributed by atoms with Crippen LogP contribution in [0.1, 0.15) is 24.1 Å². The minimum atomic E-state index is -1.13. The van der Waals surface area contributed by atoms with Crippen molar-refractivity contribution in [2.45, 2.75) is 25.7 Å². The summed E-state index contributed by atoms with van der Waals surface area (Å²) < 4.78 is 13.7. The third kappa shape index (κ3) is 4.86. The van der Waals surface area contributed by atoms with Crippen molar-refractivity contribution in [3.05, 3.63) is 102 Å². The fourth-order valence-electron chi connectivity index (χ4n) is 5.46. The molecule has 0 bridgehead atoms. The summed E-state index contributed by atoms with van der Waals surface area (Å²) >= 11 is 0. The summed E-state index contributed by atoms with van der Waals surface area (Å²) in [4.78, 5) is 46.0. The number of hydrogen-bond acceptors (Lipinski definition) is 4. The maximum Gasteiger partial charge on any atom is 0.247 e. The highest BCUT2D eigenvalue weighted by Crippen LogP contribution is 2.29. The maximum atomic E-state index is 13.9. The van der Waals surface area contributed by atoms with Gasteiger partial charge in [0, 0.05) is 53.9 Å². The highest BCUT2D eigenvalue weighted by atomic mass is 19.1. The summed E-state index contributed by atoms with van der Waals surface area (Å²) in [5.74, 6) is -2.68. The van der Waals surface area contributed by atoms with E-state index in [0.29, 0.717) is 28.8 Å². The van der Waals surface area contributed by atoms with Crippen molar-refractivity contribution in [1.29, 1.82) is 0 Å². The van der Waals surface area contributed by atoms with E-state index in [4.69, 9.17) is 0 Å². The van der Waals surface area contributed by atoms with E-state index in [9.17, 15) is 18.8 Å². The Balaban J connectivity index is 1.33. The van der Waals surface area contributed by atoms with Crippen LogP contribution in [0.15, 0.2) is 85.2 Å². The number of nitrogens with zero attached hydrogens (tertiary/aromatic N) is 4. The molecule has 3 aromatic carbocycles. The van der Waals surface area contributed by atoms with Crippen LogP contribution in [0.25, 0.3) is 10.9 Å². The van der Waals surface area contributed by atoms with Crippen LogP contribution in [0.2, 0.25) is 0 Å². The summed E-state index contributed by atoms with van der Waals surface area (Å²) in [6.45, 7) is 0.363. The first kappa shape index (κ1) is 25.5. The Hall–Kier alpha value is -4.79. The van der Waals surface area contributed by atoms with Gasteiger partial charge in [0.15, 0.2) is 0 Å². The van der Waals surface area contributed by atoms with E-state index in [0.717, 1.165) is 30.5 Å². The maximum absolute atomic E-state index is 13.9. The number of para-hydroxylation sites is 2. The van der Waals surface area contributed by atoms with Gasteiger partial charge in [-0.1, -0.05) is 36.4 Å². The van der Waals surface area contributed by atoms with Crippen molar-refractivity contribution in [3.63, 3.8) is 0 Å². The molecule has 8 nitrogen and oxygen atoms in total. The lowest BCUT2D eigenvalue weighted by molar-refractivity contribution is -0.140. The Kier molecular flexibility index (Phi) is 6.86. The van der Waals surface area contributed by atoms with E-state index in [1.165, 1.54) is 28.1 Å². The number of carbonyl (C=O) groups excluding carboxylic acids is 3. The number of aromatic nitrogens is 2. The first-order valence-electron chi connectivity index (χ1n) is 13.4. The number of nitrogens with one attached hydrogen (secondary N) is 1. The van der Waals surface area contributed by atoms with Crippen molar-refractivity contribution in [2.24, 2.45) is 5.92 Å². The second kappa shape index (κ2) is 10.8. The predicted molar refractivity (Wildman–Crippen MR) is 150 cm³/mol. The molecule has 40 heavy (non-hydrogen) atoms. The second-order valence-electron chi connectivity index (χ2n) is 10.1. The zero-order valence-electron chi connectivity index (χ0n) is 21.8. The number of hydrogen-bond donors (Lipinski definition) is 1. The fraction of sp³-hybridized carbons (Fsp3) is 0.226. The highest BCUT2D eigenvalue weighted by molar-refractivity contribution is 6.11. The average molecular weight is 538 g/mol. The molecular weight excluding hydrogens is 509 g/mol. The first-order chi connectivity index (χ1) is 19.5. The molecule has 0 saturated heterocycles. The molecular formula is C31H28FN5O3. The Labute approximate surface area is 230 Å². The molecule has 0 aliphatic carbocycles. The van der Waals surface area contributed by atoms with E-state index >= 15 is 0 Å². The molecule has 3 heterocycles. The molecule has 2 aliphatic heterocycles. The van der Waals surface area contributed by atoms with Gasteiger partial charge in [-0.3, -0.25) is 24.4 Å². The molecule has 1 aromatic heterocycles. The standard InChI is InChI=1S/C31H28FN5O3/c32-22-13-14-24-26(18-22)33-34-27(24)19-25-30(39)35(16-17-36(31(25)40)23-10-2-1-3-11-23)20-29(38)37-15-7-6-9-21-8-4-5-12-28(21)37/h1-5,8,10-14,16-18,25H,6-7,9,15,19-20H2,(H,33,34). The molecule has 2 aliphatic rings. The number of amides is 3. The summed E-state index contributed by atoms with van der Waals surface area (Å²) in [6.07, 6.45) is 5.80. The number of fused-ring (bicyclic) bond motifs is 2. The van der Waals surface area contributed by atoms with Crippen LogP contribution >= 0.6 is 0 Å². The van der Waals surface area contributed by atoms with E-state index in [1.807, 2.05) is 42.5 Å². The summed E-state index contributed by atoms with van der Waals surface area (Å²) in [7, 11) is 0. The number of aromatic amines is 1. The van der Waals surface area contributed by atoms with Gasteiger partial charge in [0.1, 0.15) is 18.3 Å². The number of H-pyrrole nitrogens is 1. The Morgan fingerprint density at radius 3 is 2.60 bits per heavy atom. The van der Waals surface area contributed by atoms with Crippen LogP contribution in [0, 0.1) is 11.7 Å². The number of carbonyl (C=O) groups is 3. The van der Waals surface area contributed by atoms with Crippen molar-refractivity contribution in [3.8, 4) is 0 Å². The predicted octanol–water partition coefficient (Wildman–Crippen LogP) is 4.58. The third-order valence-electron chi connectivity index (χ3n) is 7.52. The number of aryl methyl sites for hydroxylation is 1. The normalized spacial score (nSPS) is 17.6. The van der Waals surface area contributed by atoms with E-state index in [1.54, 1.807) is 29.3 Å². The molecule has 6 rings (SSSR count). The van der Waals surface area contributed by atoms with Crippen molar-refractivity contribution in [2.75, 3.05) is 22.9 Å². The number of rotatable bonds is 5. The molecule has 1 N–H and O–H groups in total. The van der Waals surface area contributed by atoms with Crippen LogP contribution in [-0.2, 0) is 27.2 Å². The van der Waals surface area contributed by atoms with Crippen LogP contribution in [-0.4, -0.2) is 45.9 Å². The molecule has 0 spiro atoms. The lowest BCUT2D eigenvalue weighted by Crippen LogP contribution is -2.45. The molecule has 3 amide bonds. The Morgan fingerprint density at radius 2 is 1.75 bits per heavy atom. The van der Waals surface area contributed by atoms with E-state index in [-0.39, 0.29) is 18.9 Å². The van der Waals surface area contributed by atoms with Gasteiger partial charge >= 0.3 is 0 Å². The molecule has 202 valence electrons. The topological polar surface area (TPSA) is 89.6 Å². The van der Waals surface area contributed by atoms with E-state index < -0.39 is 23.5 Å². The molecule has 1 unspecified atom stereocenters. The lowest BCUT2D eigenvalue weighted by atomic mass is 9.98. The Morgan fingerprint density at radius 1 is 0.950 bits per heavy atom. The van der Waals surface area contributed by atoms with Crippen molar-refractivity contribution >= 4 is 40.0 Å². The number of benzene rings is 3. The number of anilines is 2. The molecule has 0 saturated carbocycles. The molecule has 1 atom stereocenters. The van der Waals surface area contributed by atoms with Crippen LogP contribution < -0.4 is 9.80 Å². The van der Waals surface area contributed by atoms with E-state index in [2.05, 4.69) is 10.2 Å². The largest absolute Gasteiger partial charge is 0.311 e. The minimum Gasteiger partial charge on any atom is -0.311 e. The van der Waals surface area contributed by atoms with Gasteiger partial charge in [-0.2, -0.15) is 5.10 Å². The molecule has 0 radical (unpaired) electrons. The smallest absolute Gasteiger partial charge is 0.247 e. The summed E-state index contributed by atoms with van der Waals surface area (Å²) in [5, 5.41) is 7.67. The Bertz CT molecular complexity index is 1620. The van der Waals surface area contributed by atoms with Gasteiger partial charge in [0.2, 0.25) is 17.7 Å². The van der Waals surface area contributed by atoms with Crippen molar-refractivity contribution in [1.82, 2.24) is 15.1 Å². The zero-order valence-corrected chi connectivity index (χ0v) is 21.8. The quantitative estimate of drug-likeness (QED) is 0.378. The van der Waals surface area contributed by atoms with Crippen LogP contribution in [0.3, 0.4) is 0 Å². The van der Waals surface area contributed by atoms with Gasteiger partial charge in [-0.25, -0.2) is 4.39 Å². The average Bonchev–Trinajstić information content (AvgIpc) is 3.17. The summed E-state index contributed by atoms with van der Waals surface area (Å²) in [6, 6.07) is 21.1. The van der Waals surface area contributed by atoms with Gasteiger partial charge in [-0.15, -0.1) is 0 Å². The lowest BCUT2D eigenvalue weighted by Gasteiger charge is -2.27. The highest BCUT2D eigenvalue weighted by Gasteiger charge is 2.38. The van der Waals surface area contributed by atoms with Crippen LogP contribution in [0.5, 0.6) is 0 Å². The second-order valence-corrected chi connectivity index (χ2v) is 10.1. The first-order valence-corrected chi connectivity index (χ1v) is 13.4. The van der Waals surface area contributed by atoms with Gasteiger partial charge in [-0.05, 0) is 55.2 Å². The summed E-state index contributed by atoms with van der Waals surface area (Å²) in [5.41, 5.74) is 3.54. The molecule has 0 fully saturated rings. The van der Waals surface area contributed by atoms with Gasteiger partial charge in [0.25, 0.3) is 0 Å². The van der Waals surface area contributed by atoms with Crippen LogP contribution in [0.4, 0.5) is 15.8 Å². The van der Waals surface area contributed by atoms with Crippen molar-refractivity contribution < 1.29 is 18.8 Å². The molecule has 9 heteroatoms. The monoisotopic (exact) mass is 537 g/mol. The molecule has 4 aromatic rings. The SMILES string of the molecule is O=C1C(Cc2[nH]nc3cc(F)ccc23)C(=O)N(c2ccccc2)C=CN1CC(=O)N1CCCCc2ccccc21. The minimum absolute atomic E-state index is 0.0159. The number of halogens is 1. The van der Waals surface area contributed by atoms with Gasteiger partial charge < -0.3 is 9.80 Å². The zero-order chi connectivity index (χ0) is 27.6. The third-order valence-corrected chi connectivity index (χ3v) is 7.52. The fourth-order valence-corrected chi connectivity index (χ4v) is 5.46. The van der Waals surface area contributed by atoms with Gasteiger partial charge in [0.05, 0.1) is 5.52 Å².